The molecule has 0 aliphatic rings. The molecule has 1 atom stereocenters. The van der Waals surface area contributed by atoms with Crippen LogP contribution in [-0.4, -0.2) is 15.7 Å². The van der Waals surface area contributed by atoms with Crippen molar-refractivity contribution >= 4 is 60.1 Å². The number of aromatic nitrogens is 1. The first-order valence-electron chi connectivity index (χ1n) is 6.97. The highest BCUT2D eigenvalue weighted by molar-refractivity contribution is 9.10. The van der Waals surface area contributed by atoms with Crippen LogP contribution in [0.1, 0.15) is 45.1 Å². The van der Waals surface area contributed by atoms with Crippen LogP contribution in [0.15, 0.2) is 12.1 Å². The molecule has 0 spiro atoms. The molecule has 2 aromatic rings. The molecule has 6 heteroatoms. The van der Waals surface area contributed by atoms with Crippen molar-refractivity contribution in [3.05, 3.63) is 22.7 Å². The Balaban J connectivity index is 2.31. The number of hydrogen-bond donors (Lipinski definition) is 1. The fraction of sp³-hybridized carbons (Fsp3) is 0.467. The number of rotatable bonds is 5. The van der Waals surface area contributed by atoms with E-state index in [0.717, 1.165) is 28.6 Å². The lowest BCUT2D eigenvalue weighted by Gasteiger charge is -2.07. The van der Waals surface area contributed by atoms with Crippen LogP contribution in [0.4, 0.5) is 5.13 Å². The second-order valence-electron chi connectivity index (χ2n) is 5.26. The lowest BCUT2D eigenvalue weighted by Crippen LogP contribution is -2.22. The Kier molecular flexibility index (Phi) is 5.63. The summed E-state index contributed by atoms with van der Waals surface area (Å²) in [5, 5.41) is 4.21. The monoisotopic (exact) mass is 388 g/mol. The summed E-state index contributed by atoms with van der Waals surface area (Å²) in [4.78, 5) is 16.4. The molecule has 1 heterocycles. The van der Waals surface area contributed by atoms with Crippen LogP contribution in [-0.2, 0) is 4.79 Å². The second-order valence-corrected chi connectivity index (χ2v) is 7.83. The molecule has 1 N–H and O–H groups in total. The number of anilines is 1. The zero-order chi connectivity index (χ0) is 15.6. The quantitative estimate of drug-likeness (QED) is 0.679. The number of alkyl halides is 1. The van der Waals surface area contributed by atoms with E-state index in [2.05, 4.69) is 47.0 Å². The third-order valence-corrected chi connectivity index (χ3v) is 5.18. The Morgan fingerprint density at radius 1 is 1.48 bits per heavy atom. The maximum Gasteiger partial charge on any atom is 0.239 e. The van der Waals surface area contributed by atoms with Crippen molar-refractivity contribution in [1.29, 1.82) is 0 Å². The van der Waals surface area contributed by atoms with Gasteiger partial charge in [-0.05, 0) is 30.0 Å². The van der Waals surface area contributed by atoms with Crippen molar-refractivity contribution in [3.63, 3.8) is 0 Å². The van der Waals surface area contributed by atoms with Gasteiger partial charge in [0.15, 0.2) is 5.13 Å². The van der Waals surface area contributed by atoms with Gasteiger partial charge in [-0.2, -0.15) is 0 Å². The number of carbonyl (C=O) groups is 1. The van der Waals surface area contributed by atoms with E-state index >= 15 is 0 Å². The van der Waals surface area contributed by atoms with Gasteiger partial charge in [-0.3, -0.25) is 4.79 Å². The fourth-order valence-corrected chi connectivity index (χ4v) is 3.89. The van der Waals surface area contributed by atoms with E-state index in [9.17, 15) is 4.79 Å². The molecule has 0 saturated heterocycles. The molecule has 1 aromatic carbocycles. The van der Waals surface area contributed by atoms with Gasteiger partial charge in [0, 0.05) is 5.02 Å². The van der Waals surface area contributed by atoms with Gasteiger partial charge in [0.1, 0.15) is 0 Å². The Hall–Kier alpha value is -0.650. The van der Waals surface area contributed by atoms with E-state index in [1.807, 2.05) is 12.1 Å². The number of fused-ring (bicyclic) bond motifs is 1. The van der Waals surface area contributed by atoms with Gasteiger partial charge in [0.2, 0.25) is 5.91 Å². The van der Waals surface area contributed by atoms with E-state index in [-0.39, 0.29) is 10.7 Å². The average molecular weight is 390 g/mol. The van der Waals surface area contributed by atoms with Crippen molar-refractivity contribution in [3.8, 4) is 0 Å². The standard InChI is InChI=1S/C15H18BrClN2OS/c1-4-5-11(16)14(20)19-15-18-13-10(8(2)3)6-9(17)7-12(13)21-15/h6-8,11H,4-5H2,1-3H3,(H,18,19,20)/t11-/m0/s1. The minimum absolute atomic E-state index is 0.0481. The van der Waals surface area contributed by atoms with Gasteiger partial charge in [-0.25, -0.2) is 4.98 Å². The van der Waals surface area contributed by atoms with Crippen LogP contribution >= 0.6 is 38.9 Å². The normalized spacial score (nSPS) is 12.9. The number of carbonyl (C=O) groups excluding carboxylic acids is 1. The van der Waals surface area contributed by atoms with Gasteiger partial charge in [-0.1, -0.05) is 66.1 Å². The van der Waals surface area contributed by atoms with Crippen molar-refractivity contribution < 1.29 is 4.79 Å². The van der Waals surface area contributed by atoms with Crippen LogP contribution in [0.2, 0.25) is 5.02 Å². The van der Waals surface area contributed by atoms with E-state index in [4.69, 9.17) is 11.6 Å². The topological polar surface area (TPSA) is 42.0 Å². The maximum absolute atomic E-state index is 12.0. The molecule has 2 rings (SSSR count). The summed E-state index contributed by atoms with van der Waals surface area (Å²) in [5.41, 5.74) is 2.04. The van der Waals surface area contributed by atoms with Crippen LogP contribution in [0.5, 0.6) is 0 Å². The predicted octanol–water partition coefficient (Wildman–Crippen LogP) is 5.58. The largest absolute Gasteiger partial charge is 0.301 e. The number of halogens is 2. The smallest absolute Gasteiger partial charge is 0.239 e. The highest BCUT2D eigenvalue weighted by Crippen LogP contribution is 2.34. The van der Waals surface area contributed by atoms with E-state index in [1.165, 1.54) is 11.3 Å². The molecule has 0 saturated carbocycles. The Labute approximate surface area is 142 Å². The first-order chi connectivity index (χ1) is 9.92. The van der Waals surface area contributed by atoms with E-state index in [0.29, 0.717) is 16.1 Å². The number of hydrogen-bond acceptors (Lipinski definition) is 3. The van der Waals surface area contributed by atoms with Crippen molar-refractivity contribution in [2.24, 2.45) is 0 Å². The molecule has 3 nitrogen and oxygen atoms in total. The lowest BCUT2D eigenvalue weighted by molar-refractivity contribution is -0.115. The van der Waals surface area contributed by atoms with Crippen LogP contribution in [0, 0.1) is 0 Å². The van der Waals surface area contributed by atoms with E-state index in [1.54, 1.807) is 0 Å². The summed E-state index contributed by atoms with van der Waals surface area (Å²) < 4.78 is 1.00. The van der Waals surface area contributed by atoms with Gasteiger partial charge in [-0.15, -0.1) is 0 Å². The zero-order valence-electron chi connectivity index (χ0n) is 12.2. The molecule has 0 bridgehead atoms. The van der Waals surface area contributed by atoms with E-state index < -0.39 is 0 Å². The highest BCUT2D eigenvalue weighted by atomic mass is 79.9. The molecule has 0 radical (unpaired) electrons. The summed E-state index contributed by atoms with van der Waals surface area (Å²) in [5.74, 6) is 0.286. The molecule has 1 amide bonds. The molecule has 21 heavy (non-hydrogen) atoms. The van der Waals surface area contributed by atoms with Gasteiger partial charge < -0.3 is 5.32 Å². The van der Waals surface area contributed by atoms with Gasteiger partial charge in [0.25, 0.3) is 0 Å². The molecule has 0 aliphatic carbocycles. The first kappa shape index (κ1) is 16.7. The van der Waals surface area contributed by atoms with Gasteiger partial charge >= 0.3 is 0 Å². The number of nitrogens with zero attached hydrogens (tertiary/aromatic N) is 1. The Bertz CT molecular complexity index is 656. The summed E-state index contributed by atoms with van der Waals surface area (Å²) in [7, 11) is 0. The number of nitrogens with one attached hydrogen (secondary N) is 1. The van der Waals surface area contributed by atoms with Crippen molar-refractivity contribution in [2.45, 2.75) is 44.4 Å². The van der Waals surface area contributed by atoms with Gasteiger partial charge in [0.05, 0.1) is 15.0 Å². The highest BCUT2D eigenvalue weighted by Gasteiger charge is 2.17. The SMILES string of the molecule is CCC[C@H](Br)C(=O)Nc1nc2c(C(C)C)cc(Cl)cc2s1. The molecule has 114 valence electrons. The maximum atomic E-state index is 12.0. The first-order valence-corrected chi connectivity index (χ1v) is 9.08. The number of amides is 1. The van der Waals surface area contributed by atoms with Crippen LogP contribution < -0.4 is 5.32 Å². The summed E-state index contributed by atoms with van der Waals surface area (Å²) in [6.45, 7) is 6.27. The molecular weight excluding hydrogens is 372 g/mol. The predicted molar refractivity (Wildman–Crippen MR) is 95.0 cm³/mol. The third kappa shape index (κ3) is 3.96. The van der Waals surface area contributed by atoms with Crippen LogP contribution in [0.25, 0.3) is 10.2 Å². The fourth-order valence-electron chi connectivity index (χ4n) is 2.08. The Morgan fingerprint density at radius 3 is 2.81 bits per heavy atom. The second kappa shape index (κ2) is 7.07. The zero-order valence-corrected chi connectivity index (χ0v) is 15.4. The van der Waals surface area contributed by atoms with Crippen LogP contribution in [0.3, 0.4) is 0 Å². The molecule has 0 unspecified atom stereocenters. The molecule has 0 aliphatic heterocycles. The minimum Gasteiger partial charge on any atom is -0.301 e. The van der Waals surface area contributed by atoms with Crippen molar-refractivity contribution in [1.82, 2.24) is 4.98 Å². The summed E-state index contributed by atoms with van der Waals surface area (Å²) in [6, 6.07) is 3.85. The third-order valence-electron chi connectivity index (χ3n) is 3.17. The molecular formula is C15H18BrClN2OS. The number of benzene rings is 1. The summed E-state index contributed by atoms with van der Waals surface area (Å²) in [6.07, 6.45) is 1.76. The van der Waals surface area contributed by atoms with Crippen molar-refractivity contribution in [2.75, 3.05) is 5.32 Å². The minimum atomic E-state index is -0.178. The average Bonchev–Trinajstić information content (AvgIpc) is 2.79. The number of thiazole rings is 1. The summed E-state index contributed by atoms with van der Waals surface area (Å²) >= 11 is 11.0. The lowest BCUT2D eigenvalue weighted by atomic mass is 10.0. The molecule has 1 aromatic heterocycles. The Morgan fingerprint density at radius 2 is 2.19 bits per heavy atom. The molecule has 0 fully saturated rings.